The first kappa shape index (κ1) is 14.1. The number of hydrogen-bond acceptors (Lipinski definition) is 6. The summed E-state index contributed by atoms with van der Waals surface area (Å²) in [7, 11) is 0. The summed E-state index contributed by atoms with van der Waals surface area (Å²) in [6.45, 7) is 0. The molecule has 22 heavy (non-hydrogen) atoms. The highest BCUT2D eigenvalue weighted by atomic mass is 32.2. The molecule has 2 N–H and O–H groups in total. The molecular formula is C14H9N3O4S. The summed E-state index contributed by atoms with van der Waals surface area (Å²) >= 11 is 1.08. The lowest BCUT2D eigenvalue weighted by Gasteiger charge is -1.96. The normalized spacial score (nSPS) is 16.1. The van der Waals surface area contributed by atoms with E-state index in [0.717, 1.165) is 11.8 Å². The summed E-state index contributed by atoms with van der Waals surface area (Å²) in [6.07, 6.45) is 1.56. The molecule has 1 aromatic carbocycles. The number of amidine groups is 1. The first-order chi connectivity index (χ1) is 10.5. The van der Waals surface area contributed by atoms with E-state index in [2.05, 4.69) is 4.99 Å². The largest absolute Gasteiger partial charge is 0.457 e. The highest BCUT2D eigenvalue weighted by Gasteiger charge is 2.20. The summed E-state index contributed by atoms with van der Waals surface area (Å²) in [6, 6.07) is 9.44. The van der Waals surface area contributed by atoms with Gasteiger partial charge in [0.1, 0.15) is 11.5 Å². The van der Waals surface area contributed by atoms with E-state index in [1.807, 2.05) is 0 Å². The quantitative estimate of drug-likeness (QED) is 0.529. The molecule has 1 aliphatic rings. The molecule has 0 atom stereocenters. The number of nitrogens with two attached hydrogens (primary N) is 1. The Kier molecular flexibility index (Phi) is 3.51. The third kappa shape index (κ3) is 2.77. The van der Waals surface area contributed by atoms with E-state index in [-0.39, 0.29) is 10.9 Å². The van der Waals surface area contributed by atoms with Crippen LogP contribution in [0, 0.1) is 10.1 Å². The van der Waals surface area contributed by atoms with E-state index in [4.69, 9.17) is 10.2 Å². The van der Waals surface area contributed by atoms with Crippen molar-refractivity contribution in [2.45, 2.75) is 0 Å². The number of hydrogen-bond donors (Lipinski definition) is 1. The topological polar surface area (TPSA) is 112 Å². The Labute approximate surface area is 128 Å². The molecule has 1 amide bonds. The zero-order valence-electron chi connectivity index (χ0n) is 11.1. The number of nitro benzene ring substituents is 1. The maximum Gasteiger partial charge on any atom is 0.286 e. The van der Waals surface area contributed by atoms with E-state index >= 15 is 0 Å². The van der Waals surface area contributed by atoms with E-state index in [9.17, 15) is 14.9 Å². The lowest BCUT2D eigenvalue weighted by molar-refractivity contribution is -0.384. The second-order valence-corrected chi connectivity index (χ2v) is 5.43. The Bertz CT molecular complexity index is 821. The van der Waals surface area contributed by atoms with Gasteiger partial charge in [-0.25, -0.2) is 0 Å². The van der Waals surface area contributed by atoms with Gasteiger partial charge in [-0.1, -0.05) is 0 Å². The number of benzene rings is 1. The number of furan rings is 1. The van der Waals surface area contributed by atoms with Crippen LogP contribution in [0.3, 0.4) is 0 Å². The number of non-ortho nitro benzene ring substituents is 1. The van der Waals surface area contributed by atoms with E-state index in [1.54, 1.807) is 30.3 Å². The van der Waals surface area contributed by atoms with Crippen molar-refractivity contribution in [2.75, 3.05) is 0 Å². The van der Waals surface area contributed by atoms with Gasteiger partial charge in [-0.15, -0.1) is 0 Å². The second-order valence-electron chi connectivity index (χ2n) is 4.37. The Morgan fingerprint density at radius 3 is 2.55 bits per heavy atom. The van der Waals surface area contributed by atoms with Crippen molar-refractivity contribution in [3.8, 4) is 11.3 Å². The van der Waals surface area contributed by atoms with E-state index in [0.29, 0.717) is 22.0 Å². The zero-order chi connectivity index (χ0) is 15.7. The van der Waals surface area contributed by atoms with Gasteiger partial charge in [0, 0.05) is 23.8 Å². The van der Waals surface area contributed by atoms with Gasteiger partial charge < -0.3 is 10.2 Å². The monoisotopic (exact) mass is 315 g/mol. The first-order valence-corrected chi connectivity index (χ1v) is 6.97. The molecular weight excluding hydrogens is 306 g/mol. The number of nitro groups is 1. The molecule has 1 aliphatic heterocycles. The molecule has 2 heterocycles. The zero-order valence-corrected chi connectivity index (χ0v) is 11.9. The maximum atomic E-state index is 11.5. The van der Waals surface area contributed by atoms with Crippen molar-refractivity contribution in [1.29, 1.82) is 0 Å². The van der Waals surface area contributed by atoms with Gasteiger partial charge in [-0.05, 0) is 36.0 Å². The molecule has 0 bridgehead atoms. The molecule has 0 spiro atoms. The van der Waals surface area contributed by atoms with Gasteiger partial charge in [0.2, 0.25) is 0 Å². The van der Waals surface area contributed by atoms with Crippen LogP contribution in [0.4, 0.5) is 5.69 Å². The molecule has 1 aromatic heterocycles. The van der Waals surface area contributed by atoms with Gasteiger partial charge in [0.25, 0.3) is 11.6 Å². The molecule has 0 radical (unpaired) electrons. The van der Waals surface area contributed by atoms with Gasteiger partial charge in [0.05, 0.1) is 9.83 Å². The molecule has 8 heteroatoms. The minimum Gasteiger partial charge on any atom is -0.457 e. The minimum absolute atomic E-state index is 0.0122. The molecule has 0 aliphatic carbocycles. The standard InChI is InChI=1S/C14H9N3O4S/c15-14-16-13(18)12(22-14)7-10-5-6-11(21-10)8-1-3-9(4-2-8)17(19)20/h1-7H,(H2,15,16,18)/b12-7-. The molecule has 110 valence electrons. The average Bonchev–Trinajstić information content (AvgIpc) is 3.06. The summed E-state index contributed by atoms with van der Waals surface area (Å²) in [5.41, 5.74) is 6.19. The highest BCUT2D eigenvalue weighted by molar-refractivity contribution is 8.18. The van der Waals surface area contributed by atoms with Crippen molar-refractivity contribution in [1.82, 2.24) is 0 Å². The Balaban J connectivity index is 1.84. The van der Waals surface area contributed by atoms with Crippen molar-refractivity contribution < 1.29 is 14.1 Å². The number of aliphatic imine (C=N–C) groups is 1. The summed E-state index contributed by atoms with van der Waals surface area (Å²) in [4.78, 5) is 25.7. The average molecular weight is 315 g/mol. The molecule has 2 aromatic rings. The van der Waals surface area contributed by atoms with Gasteiger partial charge in [-0.2, -0.15) is 4.99 Å². The van der Waals surface area contributed by atoms with E-state index in [1.165, 1.54) is 12.1 Å². The SMILES string of the molecule is NC1=NC(=O)/C(=C/c2ccc(-c3ccc([N+](=O)[O-])cc3)o2)S1. The van der Waals surface area contributed by atoms with Crippen LogP contribution in [-0.2, 0) is 4.79 Å². The minimum atomic E-state index is -0.463. The number of nitrogens with zero attached hydrogens (tertiary/aromatic N) is 2. The first-order valence-electron chi connectivity index (χ1n) is 6.15. The fraction of sp³-hybridized carbons (Fsp3) is 0. The number of carbonyl (C=O) groups is 1. The van der Waals surface area contributed by atoms with Crippen molar-refractivity contribution in [3.05, 3.63) is 57.2 Å². The van der Waals surface area contributed by atoms with Crippen LogP contribution in [0.15, 0.2) is 50.7 Å². The van der Waals surface area contributed by atoms with Crippen LogP contribution in [0.1, 0.15) is 5.76 Å². The fourth-order valence-electron chi connectivity index (χ4n) is 1.89. The smallest absolute Gasteiger partial charge is 0.286 e. The van der Waals surface area contributed by atoms with Crippen LogP contribution in [0.2, 0.25) is 0 Å². The number of carbonyl (C=O) groups excluding carboxylic acids is 1. The number of thioether (sulfide) groups is 1. The molecule has 0 saturated heterocycles. The van der Waals surface area contributed by atoms with Crippen LogP contribution in [0.5, 0.6) is 0 Å². The summed E-state index contributed by atoms with van der Waals surface area (Å²) < 4.78 is 5.61. The highest BCUT2D eigenvalue weighted by Crippen LogP contribution is 2.29. The molecule has 0 unspecified atom stereocenters. The summed E-state index contributed by atoms with van der Waals surface area (Å²) in [5, 5.41) is 10.8. The van der Waals surface area contributed by atoms with Gasteiger partial charge in [-0.3, -0.25) is 14.9 Å². The Hall–Kier alpha value is -2.87. The third-order valence-electron chi connectivity index (χ3n) is 2.90. The second kappa shape index (κ2) is 5.49. The van der Waals surface area contributed by atoms with E-state index < -0.39 is 10.8 Å². The predicted octanol–water partition coefficient (Wildman–Crippen LogP) is 2.78. The van der Waals surface area contributed by atoms with Crippen molar-refractivity contribution in [2.24, 2.45) is 10.7 Å². The Morgan fingerprint density at radius 1 is 1.23 bits per heavy atom. The molecule has 0 saturated carbocycles. The molecule has 3 rings (SSSR count). The fourth-order valence-corrected chi connectivity index (χ4v) is 2.55. The molecule has 7 nitrogen and oxygen atoms in total. The Morgan fingerprint density at radius 2 is 1.95 bits per heavy atom. The number of amides is 1. The van der Waals surface area contributed by atoms with Crippen LogP contribution in [0.25, 0.3) is 17.4 Å². The molecule has 0 fully saturated rings. The van der Waals surface area contributed by atoms with Crippen LogP contribution >= 0.6 is 11.8 Å². The lowest BCUT2D eigenvalue weighted by Crippen LogP contribution is -2.01. The predicted molar refractivity (Wildman–Crippen MR) is 83.0 cm³/mol. The van der Waals surface area contributed by atoms with Gasteiger partial charge in [0.15, 0.2) is 5.17 Å². The van der Waals surface area contributed by atoms with Crippen molar-refractivity contribution >= 4 is 34.6 Å². The van der Waals surface area contributed by atoms with Crippen molar-refractivity contribution in [3.63, 3.8) is 0 Å². The number of rotatable bonds is 3. The van der Waals surface area contributed by atoms with Crippen LogP contribution in [-0.4, -0.2) is 16.0 Å². The third-order valence-corrected chi connectivity index (χ3v) is 3.71. The summed E-state index contributed by atoms with van der Waals surface area (Å²) in [5.74, 6) is 0.635. The van der Waals surface area contributed by atoms with Gasteiger partial charge >= 0.3 is 0 Å². The lowest BCUT2D eigenvalue weighted by atomic mass is 10.1. The maximum absolute atomic E-state index is 11.5. The van der Waals surface area contributed by atoms with Crippen LogP contribution < -0.4 is 5.73 Å².